The molecular formula is C21H28N2O3. The SMILES string of the molecule is CCOc1ccccc1C(c1cc(OC)ccc1OC)N1CCNCC1. The maximum absolute atomic E-state index is 5.95. The van der Waals surface area contributed by atoms with Gasteiger partial charge in [0.2, 0.25) is 0 Å². The molecule has 1 aliphatic rings. The van der Waals surface area contributed by atoms with Crippen molar-refractivity contribution >= 4 is 0 Å². The Morgan fingerprint density at radius 2 is 1.73 bits per heavy atom. The smallest absolute Gasteiger partial charge is 0.124 e. The average Bonchev–Trinajstić information content (AvgIpc) is 2.70. The lowest BCUT2D eigenvalue weighted by Crippen LogP contribution is -2.45. The van der Waals surface area contributed by atoms with Crippen molar-refractivity contribution in [2.45, 2.75) is 13.0 Å². The first-order chi connectivity index (χ1) is 12.8. The topological polar surface area (TPSA) is 43.0 Å². The van der Waals surface area contributed by atoms with E-state index in [1.165, 1.54) is 0 Å². The van der Waals surface area contributed by atoms with Crippen molar-refractivity contribution in [3.05, 3.63) is 53.6 Å². The molecule has 0 radical (unpaired) electrons. The van der Waals surface area contributed by atoms with Gasteiger partial charge in [0.05, 0.1) is 26.9 Å². The van der Waals surface area contributed by atoms with Crippen molar-refractivity contribution in [1.82, 2.24) is 10.2 Å². The molecule has 26 heavy (non-hydrogen) atoms. The molecule has 1 aliphatic heterocycles. The first-order valence-corrected chi connectivity index (χ1v) is 9.17. The summed E-state index contributed by atoms with van der Waals surface area (Å²) in [6, 6.07) is 14.3. The Hall–Kier alpha value is -2.24. The van der Waals surface area contributed by atoms with Gasteiger partial charge in [-0.15, -0.1) is 0 Å². The first kappa shape index (κ1) is 18.5. The van der Waals surface area contributed by atoms with Gasteiger partial charge in [-0.3, -0.25) is 4.90 Å². The number of benzene rings is 2. The molecule has 3 rings (SSSR count). The molecule has 0 spiro atoms. The summed E-state index contributed by atoms with van der Waals surface area (Å²) in [6.45, 7) is 6.53. The minimum absolute atomic E-state index is 0.0462. The molecule has 1 atom stereocenters. The molecule has 1 heterocycles. The van der Waals surface area contributed by atoms with Crippen LogP contribution < -0.4 is 19.5 Å². The number of nitrogens with zero attached hydrogens (tertiary/aromatic N) is 1. The molecule has 2 aromatic carbocycles. The van der Waals surface area contributed by atoms with Crippen LogP contribution in [-0.2, 0) is 0 Å². The zero-order valence-corrected chi connectivity index (χ0v) is 15.8. The van der Waals surface area contributed by atoms with Crippen LogP contribution in [0.5, 0.6) is 17.2 Å². The molecular weight excluding hydrogens is 328 g/mol. The zero-order chi connectivity index (χ0) is 18.4. The van der Waals surface area contributed by atoms with E-state index in [0.29, 0.717) is 6.61 Å². The predicted octanol–water partition coefficient (Wildman–Crippen LogP) is 3.10. The van der Waals surface area contributed by atoms with Crippen LogP contribution in [0.2, 0.25) is 0 Å². The van der Waals surface area contributed by atoms with Gasteiger partial charge in [0, 0.05) is 37.3 Å². The third-order valence-electron chi connectivity index (χ3n) is 4.76. The highest BCUT2D eigenvalue weighted by molar-refractivity contribution is 5.49. The lowest BCUT2D eigenvalue weighted by Gasteiger charge is -2.36. The summed E-state index contributed by atoms with van der Waals surface area (Å²) >= 11 is 0. The number of para-hydroxylation sites is 1. The maximum atomic E-state index is 5.95. The third kappa shape index (κ3) is 3.94. The van der Waals surface area contributed by atoms with Crippen LogP contribution in [0.4, 0.5) is 0 Å². The van der Waals surface area contributed by atoms with Gasteiger partial charge in [-0.2, -0.15) is 0 Å². The lowest BCUT2D eigenvalue weighted by atomic mass is 9.94. The van der Waals surface area contributed by atoms with Gasteiger partial charge >= 0.3 is 0 Å². The summed E-state index contributed by atoms with van der Waals surface area (Å²) in [7, 11) is 3.41. The standard InChI is InChI=1S/C21H28N2O3/c1-4-26-20-8-6-5-7-17(20)21(23-13-11-22-12-14-23)18-15-16(24-2)9-10-19(18)25-3/h5-10,15,21-22H,4,11-14H2,1-3H3. The molecule has 0 amide bonds. The van der Waals surface area contributed by atoms with Crippen LogP contribution in [0.15, 0.2) is 42.5 Å². The number of ether oxygens (including phenoxy) is 3. The van der Waals surface area contributed by atoms with Crippen molar-refractivity contribution < 1.29 is 14.2 Å². The van der Waals surface area contributed by atoms with E-state index < -0.39 is 0 Å². The largest absolute Gasteiger partial charge is 0.497 e. The van der Waals surface area contributed by atoms with E-state index in [-0.39, 0.29) is 6.04 Å². The van der Waals surface area contributed by atoms with E-state index in [1.54, 1.807) is 14.2 Å². The van der Waals surface area contributed by atoms with Gasteiger partial charge in [-0.1, -0.05) is 18.2 Å². The highest BCUT2D eigenvalue weighted by Crippen LogP contribution is 2.40. The lowest BCUT2D eigenvalue weighted by molar-refractivity contribution is 0.191. The summed E-state index contributed by atoms with van der Waals surface area (Å²) in [5, 5.41) is 3.43. The normalized spacial score (nSPS) is 16.1. The second-order valence-corrected chi connectivity index (χ2v) is 6.27. The fourth-order valence-electron chi connectivity index (χ4n) is 3.55. The molecule has 0 aliphatic carbocycles. The van der Waals surface area contributed by atoms with E-state index in [0.717, 1.165) is 54.6 Å². The van der Waals surface area contributed by atoms with Crippen LogP contribution in [0, 0.1) is 0 Å². The quantitative estimate of drug-likeness (QED) is 0.826. The number of nitrogens with one attached hydrogen (secondary N) is 1. The molecule has 1 unspecified atom stereocenters. The Morgan fingerprint density at radius 3 is 2.42 bits per heavy atom. The van der Waals surface area contributed by atoms with E-state index in [9.17, 15) is 0 Å². The highest BCUT2D eigenvalue weighted by atomic mass is 16.5. The molecule has 140 valence electrons. The minimum Gasteiger partial charge on any atom is -0.497 e. The molecule has 0 saturated carbocycles. The summed E-state index contributed by atoms with van der Waals surface area (Å²) in [4.78, 5) is 2.48. The molecule has 1 N–H and O–H groups in total. The second kappa shape index (κ2) is 8.92. The average molecular weight is 356 g/mol. The molecule has 2 aromatic rings. The van der Waals surface area contributed by atoms with Gasteiger partial charge in [-0.05, 0) is 31.2 Å². The Labute approximate surface area is 155 Å². The summed E-state index contributed by atoms with van der Waals surface area (Å²) < 4.78 is 17.1. The van der Waals surface area contributed by atoms with Gasteiger partial charge < -0.3 is 19.5 Å². The van der Waals surface area contributed by atoms with Crippen molar-refractivity contribution in [3.63, 3.8) is 0 Å². The summed E-state index contributed by atoms with van der Waals surface area (Å²) in [5.41, 5.74) is 2.25. The summed E-state index contributed by atoms with van der Waals surface area (Å²) in [6.07, 6.45) is 0. The maximum Gasteiger partial charge on any atom is 0.124 e. The van der Waals surface area contributed by atoms with Gasteiger partial charge in [0.15, 0.2) is 0 Å². The molecule has 5 heteroatoms. The predicted molar refractivity (Wildman–Crippen MR) is 103 cm³/mol. The number of hydrogen-bond acceptors (Lipinski definition) is 5. The summed E-state index contributed by atoms with van der Waals surface area (Å²) in [5.74, 6) is 2.61. The second-order valence-electron chi connectivity index (χ2n) is 6.27. The van der Waals surface area contributed by atoms with E-state index in [1.807, 2.05) is 31.2 Å². The van der Waals surface area contributed by atoms with Crippen molar-refractivity contribution in [2.75, 3.05) is 47.0 Å². The highest BCUT2D eigenvalue weighted by Gasteiger charge is 2.29. The minimum atomic E-state index is 0.0462. The number of hydrogen-bond donors (Lipinski definition) is 1. The van der Waals surface area contributed by atoms with Crippen LogP contribution in [0.25, 0.3) is 0 Å². The van der Waals surface area contributed by atoms with E-state index >= 15 is 0 Å². The van der Waals surface area contributed by atoms with Crippen molar-refractivity contribution in [2.24, 2.45) is 0 Å². The number of piperazine rings is 1. The Balaban J connectivity index is 2.13. The fourth-order valence-corrected chi connectivity index (χ4v) is 3.55. The number of rotatable bonds is 7. The van der Waals surface area contributed by atoms with Crippen molar-refractivity contribution in [1.29, 1.82) is 0 Å². The van der Waals surface area contributed by atoms with E-state index in [4.69, 9.17) is 14.2 Å². The monoisotopic (exact) mass is 356 g/mol. The third-order valence-corrected chi connectivity index (χ3v) is 4.76. The Morgan fingerprint density at radius 1 is 0.962 bits per heavy atom. The van der Waals surface area contributed by atoms with Crippen molar-refractivity contribution in [3.8, 4) is 17.2 Å². The zero-order valence-electron chi connectivity index (χ0n) is 15.8. The van der Waals surface area contributed by atoms with Gasteiger partial charge in [-0.25, -0.2) is 0 Å². The van der Waals surface area contributed by atoms with Crippen LogP contribution in [0.1, 0.15) is 24.1 Å². The number of methoxy groups -OCH3 is 2. The Bertz CT molecular complexity index is 714. The molecule has 0 bridgehead atoms. The molecule has 1 saturated heterocycles. The van der Waals surface area contributed by atoms with Crippen LogP contribution in [-0.4, -0.2) is 51.9 Å². The first-order valence-electron chi connectivity index (χ1n) is 9.17. The van der Waals surface area contributed by atoms with Crippen LogP contribution >= 0.6 is 0 Å². The van der Waals surface area contributed by atoms with Gasteiger partial charge in [0.25, 0.3) is 0 Å². The fraction of sp³-hybridized carbons (Fsp3) is 0.429. The molecule has 0 aromatic heterocycles. The van der Waals surface area contributed by atoms with E-state index in [2.05, 4.69) is 28.4 Å². The van der Waals surface area contributed by atoms with Crippen LogP contribution in [0.3, 0.4) is 0 Å². The van der Waals surface area contributed by atoms with Gasteiger partial charge in [0.1, 0.15) is 17.2 Å². The molecule has 1 fully saturated rings. The Kier molecular flexibility index (Phi) is 6.36. The molecule has 5 nitrogen and oxygen atoms in total.